The number of aromatic nitrogens is 1. The van der Waals surface area contributed by atoms with Crippen molar-refractivity contribution in [3.63, 3.8) is 0 Å². The van der Waals surface area contributed by atoms with Crippen molar-refractivity contribution < 1.29 is 4.79 Å². The summed E-state index contributed by atoms with van der Waals surface area (Å²) in [6.07, 6.45) is 4.48. The van der Waals surface area contributed by atoms with Gasteiger partial charge >= 0.3 is 0 Å². The number of benzene rings is 3. The van der Waals surface area contributed by atoms with E-state index in [1.165, 1.54) is 5.56 Å². The first-order valence-electron chi connectivity index (χ1n) is 9.80. The summed E-state index contributed by atoms with van der Waals surface area (Å²) in [5, 5.41) is 0. The molecule has 2 heterocycles. The van der Waals surface area contributed by atoms with E-state index in [2.05, 4.69) is 35.3 Å². The van der Waals surface area contributed by atoms with Gasteiger partial charge in [-0.25, -0.2) is 0 Å². The number of anilines is 1. The van der Waals surface area contributed by atoms with Crippen LogP contribution < -0.4 is 4.90 Å². The molecule has 140 valence electrons. The summed E-state index contributed by atoms with van der Waals surface area (Å²) in [5.41, 5.74) is 7.52. The van der Waals surface area contributed by atoms with Crippen molar-refractivity contribution in [3.05, 3.63) is 108 Å². The lowest BCUT2D eigenvalue weighted by atomic mass is 10.0. The maximum absolute atomic E-state index is 13.1. The third kappa shape index (κ3) is 3.32. The highest BCUT2D eigenvalue weighted by atomic mass is 16.2. The van der Waals surface area contributed by atoms with E-state index in [1.807, 2.05) is 59.5 Å². The van der Waals surface area contributed by atoms with Crippen LogP contribution in [0.4, 0.5) is 5.69 Å². The van der Waals surface area contributed by atoms with Gasteiger partial charge in [0, 0.05) is 30.2 Å². The maximum Gasteiger partial charge on any atom is 0.258 e. The monoisotopic (exact) mass is 376 g/mol. The Morgan fingerprint density at radius 1 is 0.724 bits per heavy atom. The number of amides is 1. The molecule has 0 aliphatic carbocycles. The van der Waals surface area contributed by atoms with E-state index < -0.39 is 0 Å². The zero-order chi connectivity index (χ0) is 19.6. The van der Waals surface area contributed by atoms with Crippen molar-refractivity contribution in [3.8, 4) is 22.3 Å². The van der Waals surface area contributed by atoms with E-state index >= 15 is 0 Å². The molecule has 0 saturated carbocycles. The smallest absolute Gasteiger partial charge is 0.258 e. The second-order valence-electron chi connectivity index (χ2n) is 7.23. The fourth-order valence-corrected chi connectivity index (χ4v) is 3.93. The van der Waals surface area contributed by atoms with Gasteiger partial charge in [0.05, 0.1) is 0 Å². The molecule has 3 aromatic carbocycles. The van der Waals surface area contributed by atoms with Crippen LogP contribution >= 0.6 is 0 Å². The van der Waals surface area contributed by atoms with E-state index in [0.717, 1.165) is 39.9 Å². The Bertz CT molecular complexity index is 1150. The highest BCUT2D eigenvalue weighted by molar-refractivity contribution is 6.07. The van der Waals surface area contributed by atoms with Crippen LogP contribution in [-0.4, -0.2) is 17.4 Å². The summed E-state index contributed by atoms with van der Waals surface area (Å²) < 4.78 is 0. The number of carbonyl (C=O) groups excluding carboxylic acids is 1. The van der Waals surface area contributed by atoms with E-state index in [4.69, 9.17) is 0 Å². The highest BCUT2D eigenvalue weighted by Gasteiger charge is 2.25. The Balaban J connectivity index is 1.40. The van der Waals surface area contributed by atoms with E-state index in [0.29, 0.717) is 6.54 Å². The molecule has 3 nitrogen and oxygen atoms in total. The summed E-state index contributed by atoms with van der Waals surface area (Å²) in [6.45, 7) is 0.717. The Hall–Kier alpha value is -3.72. The number of fused-ring (bicyclic) bond motifs is 1. The standard InChI is InChI=1S/C26H20N2O/c29-26(22-8-6-20(7-9-22)19-4-2-1-3-5-19)28-17-14-24-18-23(10-11-25(24)28)21-12-15-27-16-13-21/h1-13,15-16,18H,14,17H2. The van der Waals surface area contributed by atoms with Gasteiger partial charge in [0.15, 0.2) is 0 Å². The predicted molar refractivity (Wildman–Crippen MR) is 117 cm³/mol. The van der Waals surface area contributed by atoms with Crippen LogP contribution in [0, 0.1) is 0 Å². The summed E-state index contributed by atoms with van der Waals surface area (Å²) in [5.74, 6) is 0.0556. The number of hydrogen-bond acceptors (Lipinski definition) is 2. The van der Waals surface area contributed by atoms with Crippen LogP contribution in [0.3, 0.4) is 0 Å². The summed E-state index contributed by atoms with van der Waals surface area (Å²) in [6, 6.07) is 28.4. The molecule has 0 spiro atoms. The molecule has 1 amide bonds. The molecule has 0 unspecified atom stereocenters. The first-order valence-corrected chi connectivity index (χ1v) is 9.80. The zero-order valence-corrected chi connectivity index (χ0v) is 16.0. The molecule has 3 heteroatoms. The van der Waals surface area contributed by atoms with Crippen molar-refractivity contribution in [1.29, 1.82) is 0 Å². The van der Waals surface area contributed by atoms with Crippen LogP contribution in [0.2, 0.25) is 0 Å². The van der Waals surface area contributed by atoms with Crippen LogP contribution in [0.1, 0.15) is 15.9 Å². The lowest BCUT2D eigenvalue weighted by Crippen LogP contribution is -2.28. The average Bonchev–Trinajstić information content (AvgIpc) is 3.23. The fraction of sp³-hybridized carbons (Fsp3) is 0.0769. The van der Waals surface area contributed by atoms with Crippen molar-refractivity contribution in [1.82, 2.24) is 4.98 Å². The summed E-state index contributed by atoms with van der Waals surface area (Å²) in [7, 11) is 0. The third-order valence-electron chi connectivity index (χ3n) is 5.47. The topological polar surface area (TPSA) is 33.2 Å². The quantitative estimate of drug-likeness (QED) is 0.465. The first-order chi connectivity index (χ1) is 14.3. The molecule has 1 aliphatic rings. The SMILES string of the molecule is O=C(c1ccc(-c2ccccc2)cc1)N1CCc2cc(-c3ccncc3)ccc21. The zero-order valence-electron chi connectivity index (χ0n) is 16.0. The molecule has 0 saturated heterocycles. The van der Waals surface area contributed by atoms with Gasteiger partial charge in [-0.15, -0.1) is 0 Å². The molecule has 29 heavy (non-hydrogen) atoms. The Morgan fingerprint density at radius 3 is 2.14 bits per heavy atom. The lowest BCUT2D eigenvalue weighted by molar-refractivity contribution is 0.0989. The Labute approximate surface area is 170 Å². The van der Waals surface area contributed by atoms with Gasteiger partial charge in [-0.1, -0.05) is 48.5 Å². The van der Waals surface area contributed by atoms with Crippen molar-refractivity contribution >= 4 is 11.6 Å². The molecule has 0 bridgehead atoms. The van der Waals surface area contributed by atoms with E-state index in [-0.39, 0.29) is 5.91 Å². The fourth-order valence-electron chi connectivity index (χ4n) is 3.93. The van der Waals surface area contributed by atoms with Gasteiger partial charge in [-0.05, 0) is 70.6 Å². The van der Waals surface area contributed by atoms with Gasteiger partial charge in [0.1, 0.15) is 0 Å². The molecule has 1 aliphatic heterocycles. The molecule has 0 radical (unpaired) electrons. The number of hydrogen-bond donors (Lipinski definition) is 0. The summed E-state index contributed by atoms with van der Waals surface area (Å²) in [4.78, 5) is 19.1. The van der Waals surface area contributed by atoms with Crippen LogP contribution in [0.25, 0.3) is 22.3 Å². The van der Waals surface area contributed by atoms with Crippen LogP contribution in [-0.2, 0) is 6.42 Å². The van der Waals surface area contributed by atoms with Crippen molar-refractivity contribution in [2.45, 2.75) is 6.42 Å². The molecular weight excluding hydrogens is 356 g/mol. The predicted octanol–water partition coefficient (Wildman–Crippen LogP) is 5.62. The third-order valence-corrected chi connectivity index (χ3v) is 5.47. The number of carbonyl (C=O) groups is 1. The van der Waals surface area contributed by atoms with Gasteiger partial charge in [0.2, 0.25) is 0 Å². The van der Waals surface area contributed by atoms with E-state index in [9.17, 15) is 4.79 Å². The second-order valence-corrected chi connectivity index (χ2v) is 7.23. The summed E-state index contributed by atoms with van der Waals surface area (Å²) >= 11 is 0. The second kappa shape index (κ2) is 7.36. The molecule has 0 fully saturated rings. The Morgan fingerprint density at radius 2 is 1.38 bits per heavy atom. The average molecular weight is 376 g/mol. The molecule has 0 atom stereocenters. The molecule has 0 N–H and O–H groups in total. The Kier molecular flexibility index (Phi) is 4.41. The lowest BCUT2D eigenvalue weighted by Gasteiger charge is -2.18. The van der Waals surface area contributed by atoms with Gasteiger partial charge in [-0.2, -0.15) is 0 Å². The van der Waals surface area contributed by atoms with Crippen molar-refractivity contribution in [2.24, 2.45) is 0 Å². The number of rotatable bonds is 3. The number of nitrogens with zero attached hydrogens (tertiary/aromatic N) is 2. The first kappa shape index (κ1) is 17.4. The van der Waals surface area contributed by atoms with Crippen LogP contribution in [0.15, 0.2) is 97.3 Å². The van der Waals surface area contributed by atoms with E-state index in [1.54, 1.807) is 12.4 Å². The van der Waals surface area contributed by atoms with Crippen LogP contribution in [0.5, 0.6) is 0 Å². The minimum atomic E-state index is 0.0556. The van der Waals surface area contributed by atoms with Crippen molar-refractivity contribution in [2.75, 3.05) is 11.4 Å². The molecule has 5 rings (SSSR count). The highest BCUT2D eigenvalue weighted by Crippen LogP contribution is 2.33. The molecular formula is C26H20N2O. The molecule has 1 aromatic heterocycles. The number of pyridine rings is 1. The normalized spacial score (nSPS) is 12.6. The van der Waals surface area contributed by atoms with Gasteiger partial charge in [-0.3, -0.25) is 9.78 Å². The maximum atomic E-state index is 13.1. The minimum absolute atomic E-state index is 0.0556. The van der Waals surface area contributed by atoms with Gasteiger partial charge in [0.25, 0.3) is 5.91 Å². The minimum Gasteiger partial charge on any atom is -0.308 e. The largest absolute Gasteiger partial charge is 0.308 e. The van der Waals surface area contributed by atoms with Gasteiger partial charge < -0.3 is 4.90 Å². The molecule has 4 aromatic rings.